The first-order valence-electron chi connectivity index (χ1n) is 6.09. The van der Waals surface area contributed by atoms with Crippen LogP contribution in [-0.2, 0) is 0 Å². The lowest BCUT2D eigenvalue weighted by molar-refractivity contribution is 0.305. The fraction of sp³-hybridized carbons (Fsp3) is 0.667. The average molecular weight is 238 g/mol. The Balaban J connectivity index is 2.55. The number of anilines is 1. The maximum absolute atomic E-state index is 5.68. The monoisotopic (exact) mass is 238 g/mol. The van der Waals surface area contributed by atoms with Gasteiger partial charge in [-0.3, -0.25) is 0 Å². The van der Waals surface area contributed by atoms with E-state index in [-0.39, 0.29) is 6.04 Å². The Kier molecular flexibility index (Phi) is 5.69. The minimum Gasteiger partial charge on any atom is -0.478 e. The Labute approximate surface area is 103 Å². The van der Waals surface area contributed by atoms with Crippen LogP contribution in [0.15, 0.2) is 6.07 Å². The molecule has 96 valence electrons. The first-order chi connectivity index (χ1) is 8.11. The van der Waals surface area contributed by atoms with Crippen molar-refractivity contribution in [3.05, 3.63) is 11.8 Å². The van der Waals surface area contributed by atoms with Gasteiger partial charge in [0.15, 0.2) is 0 Å². The van der Waals surface area contributed by atoms with Crippen LogP contribution in [0.25, 0.3) is 0 Å². The number of nitrogens with one attached hydrogen (secondary N) is 1. The van der Waals surface area contributed by atoms with E-state index in [0.29, 0.717) is 18.4 Å². The zero-order valence-corrected chi connectivity index (χ0v) is 10.9. The van der Waals surface area contributed by atoms with E-state index >= 15 is 0 Å². The highest BCUT2D eigenvalue weighted by Crippen LogP contribution is 2.12. The molecule has 0 bridgehead atoms. The molecular weight excluding hydrogens is 216 g/mol. The lowest BCUT2D eigenvalue weighted by Gasteiger charge is -2.09. The van der Waals surface area contributed by atoms with Crippen molar-refractivity contribution in [1.82, 2.24) is 9.97 Å². The summed E-state index contributed by atoms with van der Waals surface area (Å²) in [5.74, 6) is 1.24. The number of aromatic nitrogens is 2. The SMILES string of the molecule is CCCOc1cc(C)nc(NCCC(C)N)n1. The molecule has 1 rings (SSSR count). The second-order valence-corrected chi connectivity index (χ2v) is 4.21. The molecule has 3 N–H and O–H groups in total. The van der Waals surface area contributed by atoms with Crippen LogP contribution in [0.2, 0.25) is 0 Å². The van der Waals surface area contributed by atoms with Crippen molar-refractivity contribution in [3.63, 3.8) is 0 Å². The van der Waals surface area contributed by atoms with Gasteiger partial charge in [-0.25, -0.2) is 4.98 Å². The quantitative estimate of drug-likeness (QED) is 0.756. The van der Waals surface area contributed by atoms with Crippen molar-refractivity contribution in [1.29, 1.82) is 0 Å². The number of ether oxygens (including phenoxy) is 1. The van der Waals surface area contributed by atoms with Gasteiger partial charge in [0.05, 0.1) is 6.61 Å². The molecule has 0 aliphatic heterocycles. The van der Waals surface area contributed by atoms with Gasteiger partial charge in [0.25, 0.3) is 0 Å². The smallest absolute Gasteiger partial charge is 0.226 e. The molecule has 5 heteroatoms. The van der Waals surface area contributed by atoms with E-state index in [1.165, 1.54) is 0 Å². The first-order valence-corrected chi connectivity index (χ1v) is 6.09. The summed E-state index contributed by atoms with van der Waals surface area (Å²) in [5, 5.41) is 3.15. The third kappa shape index (κ3) is 5.49. The molecular formula is C12H22N4O. The van der Waals surface area contributed by atoms with Gasteiger partial charge in [0.1, 0.15) is 0 Å². The van der Waals surface area contributed by atoms with Gasteiger partial charge in [-0.2, -0.15) is 4.98 Å². The Hall–Kier alpha value is -1.36. The van der Waals surface area contributed by atoms with E-state index in [2.05, 4.69) is 22.2 Å². The average Bonchev–Trinajstić information content (AvgIpc) is 2.25. The summed E-state index contributed by atoms with van der Waals surface area (Å²) in [5.41, 5.74) is 6.57. The van der Waals surface area contributed by atoms with Crippen LogP contribution in [0.1, 0.15) is 32.4 Å². The van der Waals surface area contributed by atoms with E-state index in [1.54, 1.807) is 0 Å². The molecule has 17 heavy (non-hydrogen) atoms. The predicted octanol–water partition coefficient (Wildman–Crippen LogP) is 1.72. The van der Waals surface area contributed by atoms with Crippen LogP contribution in [-0.4, -0.2) is 29.2 Å². The molecule has 1 heterocycles. The van der Waals surface area contributed by atoms with E-state index in [4.69, 9.17) is 10.5 Å². The normalized spacial score (nSPS) is 12.2. The van der Waals surface area contributed by atoms with Crippen molar-refractivity contribution in [2.24, 2.45) is 5.73 Å². The molecule has 0 radical (unpaired) electrons. The Morgan fingerprint density at radius 3 is 2.88 bits per heavy atom. The summed E-state index contributed by atoms with van der Waals surface area (Å²) in [7, 11) is 0. The minimum atomic E-state index is 0.183. The number of hydrogen-bond donors (Lipinski definition) is 2. The lowest BCUT2D eigenvalue weighted by atomic mass is 10.2. The van der Waals surface area contributed by atoms with Crippen molar-refractivity contribution < 1.29 is 4.74 Å². The second-order valence-electron chi connectivity index (χ2n) is 4.21. The third-order valence-corrected chi connectivity index (χ3v) is 2.17. The van der Waals surface area contributed by atoms with Gasteiger partial charge in [0, 0.05) is 24.3 Å². The van der Waals surface area contributed by atoms with E-state index < -0.39 is 0 Å². The molecule has 0 fully saturated rings. The van der Waals surface area contributed by atoms with E-state index in [0.717, 1.165) is 25.1 Å². The summed E-state index contributed by atoms with van der Waals surface area (Å²) in [6.07, 6.45) is 1.86. The fourth-order valence-electron chi connectivity index (χ4n) is 1.31. The number of nitrogens with two attached hydrogens (primary N) is 1. The highest BCUT2D eigenvalue weighted by molar-refractivity contribution is 5.30. The van der Waals surface area contributed by atoms with Crippen LogP contribution in [0.4, 0.5) is 5.95 Å². The molecule has 1 aromatic rings. The van der Waals surface area contributed by atoms with Crippen LogP contribution < -0.4 is 15.8 Å². The summed E-state index contributed by atoms with van der Waals surface area (Å²) in [6, 6.07) is 2.02. The van der Waals surface area contributed by atoms with E-state index in [1.807, 2.05) is 19.9 Å². The molecule has 0 aliphatic rings. The molecule has 0 amide bonds. The summed E-state index contributed by atoms with van der Waals surface area (Å²) in [6.45, 7) is 7.42. The first kappa shape index (κ1) is 13.7. The molecule has 1 atom stereocenters. The zero-order chi connectivity index (χ0) is 12.7. The standard InChI is InChI=1S/C12H22N4O/c1-4-7-17-11-8-10(3)15-12(16-11)14-6-5-9(2)13/h8-9H,4-7,13H2,1-3H3,(H,14,15,16). The Morgan fingerprint density at radius 2 is 2.24 bits per heavy atom. The lowest BCUT2D eigenvalue weighted by Crippen LogP contribution is -2.19. The van der Waals surface area contributed by atoms with Gasteiger partial charge in [0.2, 0.25) is 11.8 Å². The Bertz CT molecular complexity index is 341. The molecule has 0 aromatic carbocycles. The number of aryl methyl sites for hydroxylation is 1. The molecule has 0 saturated heterocycles. The molecule has 5 nitrogen and oxygen atoms in total. The molecule has 1 unspecified atom stereocenters. The summed E-state index contributed by atoms with van der Waals surface area (Å²) >= 11 is 0. The fourth-order valence-corrected chi connectivity index (χ4v) is 1.31. The zero-order valence-electron chi connectivity index (χ0n) is 10.9. The van der Waals surface area contributed by atoms with Crippen molar-refractivity contribution >= 4 is 5.95 Å². The summed E-state index contributed by atoms with van der Waals surface area (Å²) in [4.78, 5) is 8.58. The second kappa shape index (κ2) is 7.06. The van der Waals surface area contributed by atoms with Gasteiger partial charge >= 0.3 is 0 Å². The third-order valence-electron chi connectivity index (χ3n) is 2.17. The highest BCUT2D eigenvalue weighted by Gasteiger charge is 2.03. The Morgan fingerprint density at radius 1 is 1.47 bits per heavy atom. The van der Waals surface area contributed by atoms with Gasteiger partial charge in [-0.1, -0.05) is 6.92 Å². The number of rotatable bonds is 7. The van der Waals surface area contributed by atoms with Crippen molar-refractivity contribution in [3.8, 4) is 5.88 Å². The van der Waals surface area contributed by atoms with E-state index in [9.17, 15) is 0 Å². The molecule has 1 aromatic heterocycles. The predicted molar refractivity (Wildman–Crippen MR) is 69.3 cm³/mol. The number of nitrogens with zero attached hydrogens (tertiary/aromatic N) is 2. The van der Waals surface area contributed by atoms with Gasteiger partial charge in [-0.05, 0) is 26.7 Å². The maximum atomic E-state index is 5.68. The van der Waals surface area contributed by atoms with Gasteiger partial charge in [-0.15, -0.1) is 0 Å². The highest BCUT2D eigenvalue weighted by atomic mass is 16.5. The topological polar surface area (TPSA) is 73.1 Å². The van der Waals surface area contributed by atoms with Crippen molar-refractivity contribution in [2.45, 2.75) is 39.7 Å². The molecule has 0 spiro atoms. The maximum Gasteiger partial charge on any atom is 0.226 e. The van der Waals surface area contributed by atoms with Crippen LogP contribution in [0.5, 0.6) is 5.88 Å². The van der Waals surface area contributed by atoms with Gasteiger partial charge < -0.3 is 15.8 Å². The minimum absolute atomic E-state index is 0.183. The molecule has 0 aliphatic carbocycles. The van der Waals surface area contributed by atoms with Crippen LogP contribution in [0, 0.1) is 6.92 Å². The van der Waals surface area contributed by atoms with Crippen molar-refractivity contribution in [2.75, 3.05) is 18.5 Å². The number of hydrogen-bond acceptors (Lipinski definition) is 5. The van der Waals surface area contributed by atoms with Crippen LogP contribution in [0.3, 0.4) is 0 Å². The molecule has 0 saturated carbocycles. The summed E-state index contributed by atoms with van der Waals surface area (Å²) < 4.78 is 5.49. The largest absolute Gasteiger partial charge is 0.478 e. The van der Waals surface area contributed by atoms with Crippen LogP contribution >= 0.6 is 0 Å².